The molecule has 7 heteroatoms. The third-order valence-electron chi connectivity index (χ3n) is 5.08. The van der Waals surface area contributed by atoms with Gasteiger partial charge in [0.15, 0.2) is 5.76 Å². The molecule has 3 heterocycles. The summed E-state index contributed by atoms with van der Waals surface area (Å²) in [4.78, 5) is 3.10. The maximum Gasteiger partial charge on any atom is 0.235 e. The third-order valence-corrected chi connectivity index (χ3v) is 6.04. The van der Waals surface area contributed by atoms with E-state index in [1.54, 1.807) is 11.3 Å². The lowest BCUT2D eigenvalue weighted by Crippen LogP contribution is -2.20. The number of para-hydroxylation sites is 1. The van der Waals surface area contributed by atoms with Crippen LogP contribution in [0.25, 0.3) is 27.5 Å². The van der Waals surface area contributed by atoms with Crippen LogP contribution >= 0.6 is 11.3 Å². The zero-order chi connectivity index (χ0) is 19.8. The van der Waals surface area contributed by atoms with Crippen molar-refractivity contribution in [2.45, 2.75) is 19.9 Å². The Morgan fingerprint density at radius 2 is 1.83 bits per heavy atom. The summed E-state index contributed by atoms with van der Waals surface area (Å²) in [6, 6.07) is 18.5. The average molecular weight is 404 g/mol. The highest BCUT2D eigenvalue weighted by molar-refractivity contribution is 7.16. The van der Waals surface area contributed by atoms with E-state index < -0.39 is 0 Å². The molecule has 0 atom stereocenters. The molecule has 3 aromatic heterocycles. The van der Waals surface area contributed by atoms with E-state index in [-0.39, 0.29) is 0 Å². The van der Waals surface area contributed by atoms with E-state index in [4.69, 9.17) is 9.52 Å². The number of furan rings is 1. The molecule has 0 saturated heterocycles. The first-order chi connectivity index (χ1) is 14.2. The van der Waals surface area contributed by atoms with Gasteiger partial charge >= 0.3 is 0 Å². The summed E-state index contributed by atoms with van der Waals surface area (Å²) in [7, 11) is 2.14. The molecule has 0 saturated carbocycles. The molecular formula is C22H21N5OS. The van der Waals surface area contributed by atoms with Crippen LogP contribution in [-0.2, 0) is 13.0 Å². The van der Waals surface area contributed by atoms with Crippen LogP contribution in [0.3, 0.4) is 0 Å². The van der Waals surface area contributed by atoms with E-state index in [1.807, 2.05) is 35.7 Å². The predicted molar refractivity (Wildman–Crippen MR) is 115 cm³/mol. The Hall–Kier alpha value is -3.03. The molecule has 0 spiro atoms. The monoisotopic (exact) mass is 403 g/mol. The molecule has 0 radical (unpaired) electrons. The van der Waals surface area contributed by atoms with Crippen molar-refractivity contribution in [3.63, 3.8) is 0 Å². The van der Waals surface area contributed by atoms with Crippen LogP contribution in [0.2, 0.25) is 0 Å². The maximum atomic E-state index is 6.06. The molecule has 146 valence electrons. The van der Waals surface area contributed by atoms with E-state index in [9.17, 15) is 0 Å². The van der Waals surface area contributed by atoms with Crippen LogP contribution in [0.5, 0.6) is 0 Å². The fourth-order valence-corrected chi connectivity index (χ4v) is 4.37. The Labute approximate surface area is 172 Å². The Kier molecular flexibility index (Phi) is 4.61. The number of hydrogen-bond acceptors (Lipinski definition) is 6. The van der Waals surface area contributed by atoms with Crippen LogP contribution in [0.15, 0.2) is 59.0 Å². The second-order valence-corrected chi connectivity index (χ2v) is 8.28. The van der Waals surface area contributed by atoms with Crippen molar-refractivity contribution < 1.29 is 4.42 Å². The summed E-state index contributed by atoms with van der Waals surface area (Å²) < 4.78 is 7.87. The van der Waals surface area contributed by atoms with Gasteiger partial charge in [0.05, 0.1) is 0 Å². The smallest absolute Gasteiger partial charge is 0.235 e. The molecule has 0 aliphatic heterocycles. The Morgan fingerprint density at radius 1 is 1.03 bits per heavy atom. The van der Waals surface area contributed by atoms with Crippen LogP contribution in [0, 0.1) is 6.92 Å². The average Bonchev–Trinajstić information content (AvgIpc) is 3.40. The zero-order valence-electron chi connectivity index (χ0n) is 16.4. The second kappa shape index (κ2) is 7.42. The Bertz CT molecular complexity index is 1270. The normalized spacial score (nSPS) is 11.8. The summed E-state index contributed by atoms with van der Waals surface area (Å²) in [5, 5.41) is 15.6. The van der Waals surface area contributed by atoms with Gasteiger partial charge in [0.1, 0.15) is 10.6 Å². The molecule has 0 amide bonds. The van der Waals surface area contributed by atoms with Gasteiger partial charge in [-0.3, -0.25) is 0 Å². The van der Waals surface area contributed by atoms with Crippen LogP contribution in [0.1, 0.15) is 16.1 Å². The lowest BCUT2D eigenvalue weighted by Gasteiger charge is -2.15. The fourth-order valence-electron chi connectivity index (χ4n) is 3.55. The fraction of sp³-hybridized carbons (Fsp3) is 0.227. The van der Waals surface area contributed by atoms with Crippen molar-refractivity contribution in [3.8, 4) is 11.6 Å². The van der Waals surface area contributed by atoms with Crippen molar-refractivity contribution in [2.24, 2.45) is 0 Å². The van der Waals surface area contributed by atoms with Crippen LogP contribution < -0.4 is 0 Å². The lowest BCUT2D eigenvalue weighted by atomic mass is 10.1. The minimum Gasteiger partial charge on any atom is -0.452 e. The number of likely N-dealkylation sites (N-methyl/N-ethyl adjacent to an activating group) is 1. The number of hydrogen-bond donors (Lipinski definition) is 0. The highest BCUT2D eigenvalue weighted by Crippen LogP contribution is 2.32. The highest BCUT2D eigenvalue weighted by Gasteiger charge is 2.20. The number of aryl methyl sites for hydroxylation is 1. The van der Waals surface area contributed by atoms with Crippen LogP contribution in [-0.4, -0.2) is 38.3 Å². The topological polar surface area (TPSA) is 59.5 Å². The molecule has 5 aromatic rings. The predicted octanol–water partition coefficient (Wildman–Crippen LogP) is 4.58. The van der Waals surface area contributed by atoms with E-state index in [2.05, 4.69) is 52.5 Å². The Morgan fingerprint density at radius 3 is 2.66 bits per heavy atom. The van der Waals surface area contributed by atoms with Gasteiger partial charge in [-0.2, -0.15) is 9.61 Å². The summed E-state index contributed by atoms with van der Waals surface area (Å²) >= 11 is 1.58. The van der Waals surface area contributed by atoms with Gasteiger partial charge < -0.3 is 9.32 Å². The molecule has 5 rings (SSSR count). The van der Waals surface area contributed by atoms with Crippen molar-refractivity contribution in [1.82, 2.24) is 24.7 Å². The minimum atomic E-state index is 0.661. The standard InChI is InChI=1S/C22H21N5OS/c1-15-17-10-6-7-11-18(17)28-20(15)21-23-24-22-27(21)25-19(29-22)12-13-26(2)14-16-8-4-3-5-9-16/h3-11H,12-14H2,1-2H3. The van der Waals surface area contributed by atoms with Gasteiger partial charge in [0.25, 0.3) is 0 Å². The highest BCUT2D eigenvalue weighted by atomic mass is 32.1. The molecule has 0 unspecified atom stereocenters. The summed E-state index contributed by atoms with van der Waals surface area (Å²) in [5.41, 5.74) is 3.23. The first-order valence-corrected chi connectivity index (χ1v) is 10.4. The summed E-state index contributed by atoms with van der Waals surface area (Å²) in [5.74, 6) is 1.39. The minimum absolute atomic E-state index is 0.661. The Balaban J connectivity index is 1.36. The van der Waals surface area contributed by atoms with Crippen molar-refractivity contribution >= 4 is 27.3 Å². The molecule has 0 bridgehead atoms. The number of fused-ring (bicyclic) bond motifs is 2. The summed E-state index contributed by atoms with van der Waals surface area (Å²) in [6.45, 7) is 3.90. The first kappa shape index (κ1) is 18.0. The lowest BCUT2D eigenvalue weighted by molar-refractivity contribution is 0.330. The van der Waals surface area contributed by atoms with Gasteiger partial charge in [-0.1, -0.05) is 59.9 Å². The van der Waals surface area contributed by atoms with E-state index >= 15 is 0 Å². The van der Waals surface area contributed by atoms with E-state index in [0.29, 0.717) is 5.82 Å². The molecule has 0 fully saturated rings. The van der Waals surface area contributed by atoms with Crippen LogP contribution in [0.4, 0.5) is 0 Å². The molecule has 2 aromatic carbocycles. The molecule has 29 heavy (non-hydrogen) atoms. The van der Waals surface area contributed by atoms with E-state index in [0.717, 1.165) is 51.8 Å². The largest absolute Gasteiger partial charge is 0.452 e. The summed E-state index contributed by atoms with van der Waals surface area (Å²) in [6.07, 6.45) is 0.871. The van der Waals surface area contributed by atoms with Crippen molar-refractivity contribution in [2.75, 3.05) is 13.6 Å². The van der Waals surface area contributed by atoms with Gasteiger partial charge in [0, 0.05) is 30.5 Å². The molecule has 0 aliphatic rings. The molecule has 0 N–H and O–H groups in total. The number of rotatable bonds is 6. The van der Waals surface area contributed by atoms with Gasteiger partial charge in [-0.05, 0) is 25.6 Å². The second-order valence-electron chi connectivity index (χ2n) is 7.24. The number of benzene rings is 2. The van der Waals surface area contributed by atoms with Crippen molar-refractivity contribution in [3.05, 3.63) is 70.7 Å². The van der Waals surface area contributed by atoms with Gasteiger partial charge in [-0.15, -0.1) is 10.2 Å². The van der Waals surface area contributed by atoms with Gasteiger partial charge in [-0.25, -0.2) is 0 Å². The first-order valence-electron chi connectivity index (χ1n) is 9.61. The third kappa shape index (κ3) is 3.43. The number of nitrogens with zero attached hydrogens (tertiary/aromatic N) is 5. The number of aromatic nitrogens is 4. The molecular weight excluding hydrogens is 382 g/mol. The maximum absolute atomic E-state index is 6.06. The molecule has 6 nitrogen and oxygen atoms in total. The SMILES string of the molecule is Cc1c(-c2nnc3sc(CCN(C)Cc4ccccc4)nn23)oc2ccccc12. The van der Waals surface area contributed by atoms with Gasteiger partial charge in [0.2, 0.25) is 10.8 Å². The molecule has 0 aliphatic carbocycles. The zero-order valence-corrected chi connectivity index (χ0v) is 17.2. The quantitative estimate of drug-likeness (QED) is 0.415. The van der Waals surface area contributed by atoms with E-state index in [1.165, 1.54) is 5.56 Å². The van der Waals surface area contributed by atoms with Crippen molar-refractivity contribution in [1.29, 1.82) is 0 Å².